The maximum absolute atomic E-state index is 5.18. The Kier molecular flexibility index (Phi) is 12.0. The molecule has 0 N–H and O–H groups in total. The Morgan fingerprint density at radius 3 is 1.01 bits per heavy atom. The van der Waals surface area contributed by atoms with Crippen LogP contribution in [0.1, 0.15) is 5.56 Å². The van der Waals surface area contributed by atoms with E-state index in [1.807, 2.05) is 36.4 Å². The number of fused-ring (bicyclic) bond motifs is 9. The molecule has 0 spiro atoms. The van der Waals surface area contributed by atoms with E-state index >= 15 is 0 Å². The fourth-order valence-corrected chi connectivity index (χ4v) is 13.3. The molecule has 0 bridgehead atoms. The van der Waals surface area contributed by atoms with Crippen molar-refractivity contribution in [1.82, 2.24) is 24.5 Å². The molecule has 0 aliphatic carbocycles. The molecule has 13 aromatic carbocycles. The number of pyridine rings is 4. The molecule has 0 saturated carbocycles. The molecule has 5 aromatic heterocycles. The summed E-state index contributed by atoms with van der Waals surface area (Å²) in [5, 5.41) is 14.7. The summed E-state index contributed by atoms with van der Waals surface area (Å²) in [6.45, 7) is 2.14. The third-order valence-electron chi connectivity index (χ3n) is 17.7. The van der Waals surface area contributed by atoms with Gasteiger partial charge in [0.25, 0.3) is 0 Å². The van der Waals surface area contributed by atoms with Crippen molar-refractivity contribution in [1.29, 1.82) is 0 Å². The van der Waals surface area contributed by atoms with Crippen LogP contribution in [-0.2, 0) is 0 Å². The zero-order valence-electron chi connectivity index (χ0n) is 48.1. The summed E-state index contributed by atoms with van der Waals surface area (Å²) in [6.07, 6.45) is 0. The van der Waals surface area contributed by atoms with Crippen molar-refractivity contribution < 1.29 is 0 Å². The molecular formula is C83H53N5. The van der Waals surface area contributed by atoms with Crippen LogP contribution in [0, 0.1) is 6.92 Å². The van der Waals surface area contributed by atoms with Crippen LogP contribution in [0.3, 0.4) is 0 Å². The standard InChI is InChI=1S/C42H26N4.C41H27N/c1-3-8-27(9-4-1)35-22-18-29-14-16-31-20-24-37(45-41(31)39(29)43-35)33-12-7-13-34(26-33)38-25-21-32-17-15-30-19-23-36(28-10-5-2-6-11-28)44-40(30)42(32)46-38;1-26-10-12-27(13-11-26)32-22-16-29-19-25-37-33(23-17-30-18-24-36(32)40(29)41(30)37)28-14-20-31(21-15-28)42-38-8-4-2-6-34(38)35-7-3-5-9-39(35)42/h1-26H;2-25H,1H3. The van der Waals surface area contributed by atoms with E-state index in [9.17, 15) is 0 Å². The molecule has 18 aromatic rings. The van der Waals surface area contributed by atoms with Gasteiger partial charge in [0.2, 0.25) is 0 Å². The molecule has 0 saturated heterocycles. The summed E-state index contributed by atoms with van der Waals surface area (Å²) in [5.74, 6) is 0. The lowest BCUT2D eigenvalue weighted by Gasteiger charge is -2.17. The zero-order chi connectivity index (χ0) is 58.2. The van der Waals surface area contributed by atoms with Crippen molar-refractivity contribution in [3.8, 4) is 73.0 Å². The Hall–Kier alpha value is -11.7. The molecule has 5 heteroatoms. The summed E-state index contributed by atoms with van der Waals surface area (Å²) in [6, 6.07) is 108. The SMILES string of the molecule is Cc1ccc(-c2ccc3ccc4c(-c5ccc(-n6c7ccccc7c7ccccc76)cc5)ccc5ccc2c3c54)cc1.c1ccc(-c2ccc3ccc4ccc(-c5cccc(-c6ccc7ccc8ccc(-c9ccccc9)nc8c7n6)c5)nc4c3n2)cc1. The van der Waals surface area contributed by atoms with Gasteiger partial charge in [0.1, 0.15) is 0 Å². The molecule has 410 valence electrons. The smallest absolute Gasteiger partial charge is 0.0972 e. The topological polar surface area (TPSA) is 56.5 Å². The number of hydrogen-bond acceptors (Lipinski definition) is 4. The first-order valence-corrected chi connectivity index (χ1v) is 30.0. The number of aromatic nitrogens is 5. The van der Waals surface area contributed by atoms with E-state index in [-0.39, 0.29) is 0 Å². The van der Waals surface area contributed by atoms with Gasteiger partial charge in [-0.25, -0.2) is 19.9 Å². The van der Waals surface area contributed by atoms with Crippen LogP contribution in [0.5, 0.6) is 0 Å². The highest BCUT2D eigenvalue weighted by molar-refractivity contribution is 6.27. The lowest BCUT2D eigenvalue weighted by atomic mass is 9.87. The number of hydrogen-bond donors (Lipinski definition) is 0. The first kappa shape index (κ1) is 50.8. The van der Waals surface area contributed by atoms with E-state index in [0.717, 1.165) is 88.6 Å². The van der Waals surface area contributed by atoms with Crippen LogP contribution in [-0.4, -0.2) is 24.5 Å². The van der Waals surface area contributed by atoms with E-state index in [1.54, 1.807) is 0 Å². The predicted molar refractivity (Wildman–Crippen MR) is 369 cm³/mol. The van der Waals surface area contributed by atoms with Gasteiger partial charge in [-0.15, -0.1) is 0 Å². The molecular weight excluding hydrogens is 1070 g/mol. The molecule has 0 aliphatic rings. The fourth-order valence-electron chi connectivity index (χ4n) is 13.3. The minimum atomic E-state index is 0.897. The van der Waals surface area contributed by atoms with Gasteiger partial charge in [-0.2, -0.15) is 0 Å². The second-order valence-corrected chi connectivity index (χ2v) is 22.9. The lowest BCUT2D eigenvalue weighted by molar-refractivity contribution is 1.18. The van der Waals surface area contributed by atoms with E-state index in [1.165, 1.54) is 87.6 Å². The Bertz CT molecular complexity index is 5500. The molecule has 0 atom stereocenters. The number of rotatable bonds is 7. The fraction of sp³-hybridized carbons (Fsp3) is 0.0120. The van der Waals surface area contributed by atoms with Crippen LogP contribution in [0.4, 0.5) is 0 Å². The maximum Gasteiger partial charge on any atom is 0.0972 e. The number of aryl methyl sites for hydroxylation is 1. The average molecular weight is 1120 g/mol. The Balaban J connectivity index is 0.000000137. The molecule has 88 heavy (non-hydrogen) atoms. The van der Waals surface area contributed by atoms with Crippen LogP contribution < -0.4 is 0 Å². The van der Waals surface area contributed by atoms with Gasteiger partial charge < -0.3 is 4.57 Å². The van der Waals surface area contributed by atoms with E-state index < -0.39 is 0 Å². The minimum absolute atomic E-state index is 0.897. The van der Waals surface area contributed by atoms with Gasteiger partial charge in [0, 0.05) is 60.3 Å². The molecule has 0 amide bonds. The third kappa shape index (κ3) is 8.70. The normalized spacial score (nSPS) is 11.7. The monoisotopic (exact) mass is 1120 g/mol. The lowest BCUT2D eigenvalue weighted by Crippen LogP contribution is -1.94. The van der Waals surface area contributed by atoms with Crippen molar-refractivity contribution in [2.45, 2.75) is 6.92 Å². The Labute approximate surface area is 508 Å². The highest BCUT2D eigenvalue weighted by atomic mass is 15.0. The summed E-state index contributed by atoms with van der Waals surface area (Å²) in [5.41, 5.74) is 21.5. The number of nitrogens with zero attached hydrogens (tertiary/aromatic N) is 5. The third-order valence-corrected chi connectivity index (χ3v) is 17.7. The van der Waals surface area contributed by atoms with Gasteiger partial charge in [-0.3, -0.25) is 0 Å². The van der Waals surface area contributed by atoms with Crippen molar-refractivity contribution >= 4 is 97.7 Å². The largest absolute Gasteiger partial charge is 0.309 e. The van der Waals surface area contributed by atoms with Gasteiger partial charge in [0.15, 0.2) is 0 Å². The number of para-hydroxylation sites is 2. The van der Waals surface area contributed by atoms with Gasteiger partial charge in [-0.1, -0.05) is 254 Å². The minimum Gasteiger partial charge on any atom is -0.309 e. The summed E-state index contributed by atoms with van der Waals surface area (Å²) >= 11 is 0. The molecule has 0 unspecified atom stereocenters. The molecule has 18 rings (SSSR count). The van der Waals surface area contributed by atoms with Gasteiger partial charge in [-0.05, 0) is 116 Å². The predicted octanol–water partition coefficient (Wildman–Crippen LogP) is 21.9. The summed E-state index contributed by atoms with van der Waals surface area (Å²) in [4.78, 5) is 20.5. The molecule has 0 aliphatic heterocycles. The second-order valence-electron chi connectivity index (χ2n) is 22.9. The van der Waals surface area contributed by atoms with Crippen LogP contribution in [0.25, 0.3) is 171 Å². The first-order valence-electron chi connectivity index (χ1n) is 30.0. The van der Waals surface area contributed by atoms with Crippen LogP contribution in [0.15, 0.2) is 303 Å². The van der Waals surface area contributed by atoms with Crippen molar-refractivity contribution in [3.63, 3.8) is 0 Å². The van der Waals surface area contributed by atoms with E-state index in [0.29, 0.717) is 0 Å². The highest BCUT2D eigenvalue weighted by Crippen LogP contribution is 2.43. The first-order chi connectivity index (χ1) is 43.5. The Morgan fingerprint density at radius 2 is 0.580 bits per heavy atom. The van der Waals surface area contributed by atoms with Crippen molar-refractivity contribution in [2.24, 2.45) is 0 Å². The highest BCUT2D eigenvalue weighted by Gasteiger charge is 2.18. The quantitative estimate of drug-likeness (QED) is 0.149. The van der Waals surface area contributed by atoms with Crippen LogP contribution >= 0.6 is 0 Å². The van der Waals surface area contributed by atoms with Crippen molar-refractivity contribution in [3.05, 3.63) is 309 Å². The molecule has 0 fully saturated rings. The molecule has 0 radical (unpaired) electrons. The maximum atomic E-state index is 5.18. The second kappa shape index (κ2) is 20.8. The average Bonchev–Trinajstić information content (AvgIpc) is 1.05. The van der Waals surface area contributed by atoms with E-state index in [4.69, 9.17) is 19.9 Å². The number of benzene rings is 13. The van der Waals surface area contributed by atoms with Crippen molar-refractivity contribution in [2.75, 3.05) is 0 Å². The summed E-state index contributed by atoms with van der Waals surface area (Å²) in [7, 11) is 0. The van der Waals surface area contributed by atoms with Gasteiger partial charge in [0.05, 0.1) is 55.9 Å². The molecule has 5 nitrogen and oxygen atoms in total. The van der Waals surface area contributed by atoms with E-state index in [2.05, 4.69) is 278 Å². The Morgan fingerprint density at radius 1 is 0.239 bits per heavy atom. The van der Waals surface area contributed by atoms with Crippen LogP contribution in [0.2, 0.25) is 0 Å². The molecule has 5 heterocycles. The zero-order valence-corrected chi connectivity index (χ0v) is 48.1. The summed E-state index contributed by atoms with van der Waals surface area (Å²) < 4.78 is 2.38. The van der Waals surface area contributed by atoms with Gasteiger partial charge >= 0.3 is 0 Å².